The molecule has 1 aromatic rings. The molecule has 72 valence electrons. The van der Waals surface area contributed by atoms with Gasteiger partial charge in [-0.1, -0.05) is 6.07 Å². The standard InChI is InChI=1S/C7H9N3O2.ClH/c1-12-7(11)5-3-2-4-6(9-5)10-8;/h2-4H,8H2,1H3,(H,9,10);1H. The topological polar surface area (TPSA) is 77.2 Å². The predicted octanol–water partition coefficient (Wildman–Crippen LogP) is 0.576. The molecule has 0 spiro atoms. The van der Waals surface area contributed by atoms with Crippen molar-refractivity contribution in [1.29, 1.82) is 0 Å². The van der Waals surface area contributed by atoms with Gasteiger partial charge in [-0.2, -0.15) is 0 Å². The van der Waals surface area contributed by atoms with Gasteiger partial charge in [0, 0.05) is 0 Å². The Morgan fingerprint density at radius 3 is 2.85 bits per heavy atom. The van der Waals surface area contributed by atoms with Crippen molar-refractivity contribution in [2.45, 2.75) is 0 Å². The van der Waals surface area contributed by atoms with Crippen molar-refractivity contribution >= 4 is 24.2 Å². The highest BCUT2D eigenvalue weighted by Crippen LogP contribution is 2.03. The lowest BCUT2D eigenvalue weighted by Gasteiger charge is -2.00. The molecule has 0 aromatic carbocycles. The maximum absolute atomic E-state index is 10.9. The molecule has 0 bridgehead atoms. The van der Waals surface area contributed by atoms with E-state index >= 15 is 0 Å². The Labute approximate surface area is 81.7 Å². The van der Waals surface area contributed by atoms with Crippen molar-refractivity contribution in [1.82, 2.24) is 4.98 Å². The Hall–Kier alpha value is -1.33. The fourth-order valence-corrected chi connectivity index (χ4v) is 0.733. The summed E-state index contributed by atoms with van der Waals surface area (Å²) in [5.74, 6) is 5.04. The summed E-state index contributed by atoms with van der Waals surface area (Å²) in [7, 11) is 1.30. The van der Waals surface area contributed by atoms with E-state index in [1.54, 1.807) is 18.2 Å². The van der Waals surface area contributed by atoms with Crippen molar-refractivity contribution < 1.29 is 9.53 Å². The Morgan fingerprint density at radius 2 is 2.31 bits per heavy atom. The lowest BCUT2D eigenvalue weighted by molar-refractivity contribution is 0.0594. The number of hydrogen-bond acceptors (Lipinski definition) is 5. The second-order valence-electron chi connectivity index (χ2n) is 2.04. The minimum absolute atomic E-state index is 0. The third-order valence-electron chi connectivity index (χ3n) is 1.29. The number of carbonyl (C=O) groups is 1. The molecular formula is C7H10ClN3O2. The van der Waals surface area contributed by atoms with Crippen LogP contribution in [0.4, 0.5) is 5.82 Å². The normalized spacial score (nSPS) is 8.46. The second-order valence-corrected chi connectivity index (χ2v) is 2.04. The minimum Gasteiger partial charge on any atom is -0.464 e. The number of carbonyl (C=O) groups excluding carboxylic acids is 1. The zero-order chi connectivity index (χ0) is 8.97. The zero-order valence-electron chi connectivity index (χ0n) is 6.98. The molecule has 13 heavy (non-hydrogen) atoms. The Balaban J connectivity index is 0.00000144. The highest BCUT2D eigenvalue weighted by atomic mass is 35.5. The van der Waals surface area contributed by atoms with E-state index in [-0.39, 0.29) is 18.1 Å². The molecule has 0 saturated heterocycles. The van der Waals surface area contributed by atoms with Crippen LogP contribution in [0.2, 0.25) is 0 Å². The SMILES string of the molecule is COC(=O)c1cccc(NN)n1.Cl. The van der Waals surface area contributed by atoms with Gasteiger partial charge in [0.05, 0.1) is 7.11 Å². The fraction of sp³-hybridized carbons (Fsp3) is 0.143. The Morgan fingerprint density at radius 1 is 1.62 bits per heavy atom. The monoisotopic (exact) mass is 203 g/mol. The van der Waals surface area contributed by atoms with Gasteiger partial charge < -0.3 is 10.2 Å². The smallest absolute Gasteiger partial charge is 0.356 e. The Kier molecular flexibility index (Phi) is 4.79. The molecule has 0 amide bonds. The van der Waals surface area contributed by atoms with E-state index in [0.29, 0.717) is 5.82 Å². The largest absolute Gasteiger partial charge is 0.464 e. The second kappa shape index (κ2) is 5.34. The van der Waals surface area contributed by atoms with Gasteiger partial charge in [0.2, 0.25) is 0 Å². The summed E-state index contributed by atoms with van der Waals surface area (Å²) in [6, 6.07) is 4.85. The van der Waals surface area contributed by atoms with Crippen LogP contribution in [0.5, 0.6) is 0 Å². The molecule has 5 nitrogen and oxygen atoms in total. The third kappa shape index (κ3) is 2.89. The van der Waals surface area contributed by atoms with Crippen molar-refractivity contribution in [2.24, 2.45) is 5.84 Å². The van der Waals surface area contributed by atoms with E-state index in [9.17, 15) is 4.79 Å². The van der Waals surface area contributed by atoms with E-state index in [4.69, 9.17) is 5.84 Å². The van der Waals surface area contributed by atoms with Crippen molar-refractivity contribution in [3.63, 3.8) is 0 Å². The first-order valence-corrected chi connectivity index (χ1v) is 3.30. The molecule has 0 aliphatic carbocycles. The summed E-state index contributed by atoms with van der Waals surface area (Å²) in [6.07, 6.45) is 0. The minimum atomic E-state index is -0.480. The summed E-state index contributed by atoms with van der Waals surface area (Å²) < 4.78 is 4.47. The number of esters is 1. The quantitative estimate of drug-likeness (QED) is 0.418. The number of hydrazine groups is 1. The molecule has 0 radical (unpaired) electrons. The lowest BCUT2D eigenvalue weighted by Crippen LogP contribution is -2.11. The molecule has 0 saturated carbocycles. The fourth-order valence-electron chi connectivity index (χ4n) is 0.733. The van der Waals surface area contributed by atoms with Crippen molar-refractivity contribution in [2.75, 3.05) is 12.5 Å². The average molecular weight is 204 g/mol. The van der Waals surface area contributed by atoms with E-state index in [2.05, 4.69) is 15.1 Å². The number of nitrogen functional groups attached to an aromatic ring is 1. The summed E-state index contributed by atoms with van der Waals surface area (Å²) in [5, 5.41) is 0. The highest BCUT2D eigenvalue weighted by molar-refractivity contribution is 5.87. The number of pyridine rings is 1. The van der Waals surface area contributed by atoms with E-state index in [1.165, 1.54) is 7.11 Å². The number of rotatable bonds is 2. The van der Waals surface area contributed by atoms with Crippen molar-refractivity contribution in [3.05, 3.63) is 23.9 Å². The summed E-state index contributed by atoms with van der Waals surface area (Å²) in [4.78, 5) is 14.8. The van der Waals surface area contributed by atoms with Crippen LogP contribution in [0.3, 0.4) is 0 Å². The van der Waals surface area contributed by atoms with Gasteiger partial charge in [0.25, 0.3) is 0 Å². The molecule has 6 heteroatoms. The van der Waals surface area contributed by atoms with Gasteiger partial charge >= 0.3 is 5.97 Å². The van der Waals surface area contributed by atoms with Crippen LogP contribution in [-0.2, 0) is 4.74 Å². The van der Waals surface area contributed by atoms with Crippen LogP contribution in [0, 0.1) is 0 Å². The molecule has 0 atom stereocenters. The van der Waals surface area contributed by atoms with Crippen LogP contribution < -0.4 is 11.3 Å². The van der Waals surface area contributed by atoms with E-state index < -0.39 is 5.97 Å². The predicted molar refractivity (Wildman–Crippen MR) is 50.6 cm³/mol. The summed E-state index contributed by atoms with van der Waals surface area (Å²) in [6.45, 7) is 0. The molecule has 3 N–H and O–H groups in total. The number of methoxy groups -OCH3 is 1. The zero-order valence-corrected chi connectivity index (χ0v) is 7.80. The molecular weight excluding hydrogens is 194 g/mol. The maximum Gasteiger partial charge on any atom is 0.356 e. The maximum atomic E-state index is 10.9. The van der Waals surface area contributed by atoms with Crippen LogP contribution in [-0.4, -0.2) is 18.1 Å². The first kappa shape index (κ1) is 11.7. The number of nitrogens with two attached hydrogens (primary N) is 1. The van der Waals surface area contributed by atoms with Gasteiger partial charge in [0.15, 0.2) is 5.69 Å². The summed E-state index contributed by atoms with van der Waals surface area (Å²) >= 11 is 0. The van der Waals surface area contributed by atoms with Crippen LogP contribution in [0.1, 0.15) is 10.5 Å². The van der Waals surface area contributed by atoms with E-state index in [1.807, 2.05) is 0 Å². The molecule has 1 heterocycles. The van der Waals surface area contributed by atoms with Crippen LogP contribution in [0.25, 0.3) is 0 Å². The molecule has 0 fully saturated rings. The molecule has 0 aliphatic heterocycles. The van der Waals surface area contributed by atoms with Gasteiger partial charge in [-0.15, -0.1) is 12.4 Å². The number of hydrogen-bond donors (Lipinski definition) is 2. The number of aromatic nitrogens is 1. The van der Waals surface area contributed by atoms with Crippen LogP contribution >= 0.6 is 12.4 Å². The number of nitrogens with one attached hydrogen (secondary N) is 1. The first-order chi connectivity index (χ1) is 5.77. The average Bonchev–Trinajstić information content (AvgIpc) is 2.17. The van der Waals surface area contributed by atoms with Gasteiger partial charge in [0.1, 0.15) is 5.82 Å². The molecule has 1 rings (SSSR count). The third-order valence-corrected chi connectivity index (χ3v) is 1.29. The van der Waals surface area contributed by atoms with Crippen molar-refractivity contribution in [3.8, 4) is 0 Å². The summed E-state index contributed by atoms with van der Waals surface area (Å²) in [5.41, 5.74) is 2.56. The van der Waals surface area contributed by atoms with Gasteiger partial charge in [-0.3, -0.25) is 0 Å². The lowest BCUT2D eigenvalue weighted by atomic mass is 10.3. The molecule has 0 unspecified atom stereocenters. The molecule has 1 aromatic heterocycles. The molecule has 0 aliphatic rings. The van der Waals surface area contributed by atoms with Crippen LogP contribution in [0.15, 0.2) is 18.2 Å². The number of ether oxygens (including phenoxy) is 1. The first-order valence-electron chi connectivity index (χ1n) is 3.30. The Bertz CT molecular complexity index is 293. The highest BCUT2D eigenvalue weighted by Gasteiger charge is 2.05. The number of nitrogens with zero attached hydrogens (tertiary/aromatic N) is 1. The number of halogens is 1. The number of anilines is 1. The van der Waals surface area contributed by atoms with Gasteiger partial charge in [-0.25, -0.2) is 15.6 Å². The van der Waals surface area contributed by atoms with Gasteiger partial charge in [-0.05, 0) is 12.1 Å². The van der Waals surface area contributed by atoms with E-state index in [0.717, 1.165) is 0 Å².